The lowest BCUT2D eigenvalue weighted by molar-refractivity contribution is -0.0699. The maximum absolute atomic E-state index is 4.57. The first-order valence-corrected chi connectivity index (χ1v) is 11.7. The zero-order valence-corrected chi connectivity index (χ0v) is 17.5. The van der Waals surface area contributed by atoms with E-state index in [1.165, 1.54) is 63.5 Å². The summed E-state index contributed by atoms with van der Waals surface area (Å²) < 4.78 is 0. The van der Waals surface area contributed by atoms with Gasteiger partial charge in [-0.2, -0.15) is 0 Å². The Morgan fingerprint density at radius 1 is 1.12 bits per heavy atom. The van der Waals surface area contributed by atoms with Gasteiger partial charge in [-0.3, -0.25) is 4.99 Å². The zero-order chi connectivity index (χ0) is 18.1. The van der Waals surface area contributed by atoms with Crippen LogP contribution in [0.1, 0.15) is 78.6 Å². The Labute approximate surface area is 161 Å². The second-order valence-corrected chi connectivity index (χ2v) is 11.0. The number of hydrogen-bond acceptors (Lipinski definition) is 1. The van der Waals surface area contributed by atoms with Crippen LogP contribution >= 0.6 is 0 Å². The van der Waals surface area contributed by atoms with Crippen LogP contribution in [0.5, 0.6) is 0 Å². The van der Waals surface area contributed by atoms with Gasteiger partial charge < -0.3 is 0 Å². The third-order valence-electron chi connectivity index (χ3n) is 9.74. The standard InChI is InChI=1S/C25H39N/c1-5-25(3)11-10-20-19-9-8-18(26-4)13-17(19)14-22(16-6-7-16)23(20)24(25)21-12-15(21)2/h13,15-16,19-24H,5-12,14H2,1-4H3/b26-18+. The molecule has 5 aliphatic carbocycles. The van der Waals surface area contributed by atoms with E-state index >= 15 is 0 Å². The molecule has 4 fully saturated rings. The number of allylic oxidation sites excluding steroid dienone is 2. The van der Waals surface area contributed by atoms with Gasteiger partial charge >= 0.3 is 0 Å². The molecule has 0 aromatic rings. The highest BCUT2D eigenvalue weighted by atomic mass is 14.7. The minimum Gasteiger partial charge on any atom is -0.293 e. The first-order valence-electron chi connectivity index (χ1n) is 11.7. The summed E-state index contributed by atoms with van der Waals surface area (Å²) in [6.07, 6.45) is 15.6. The van der Waals surface area contributed by atoms with Gasteiger partial charge in [0.05, 0.1) is 0 Å². The third-order valence-corrected chi connectivity index (χ3v) is 9.74. The van der Waals surface area contributed by atoms with Gasteiger partial charge in [0.25, 0.3) is 0 Å². The van der Waals surface area contributed by atoms with Crippen molar-refractivity contribution in [3.05, 3.63) is 11.6 Å². The van der Waals surface area contributed by atoms with Crippen LogP contribution in [0.3, 0.4) is 0 Å². The molecule has 0 N–H and O–H groups in total. The van der Waals surface area contributed by atoms with Gasteiger partial charge in [0.15, 0.2) is 0 Å². The second-order valence-electron chi connectivity index (χ2n) is 11.0. The van der Waals surface area contributed by atoms with Crippen LogP contribution in [0.15, 0.2) is 16.6 Å². The van der Waals surface area contributed by atoms with E-state index in [0.29, 0.717) is 5.41 Å². The average molecular weight is 354 g/mol. The summed E-state index contributed by atoms with van der Waals surface area (Å²) in [5.74, 6) is 8.08. The van der Waals surface area contributed by atoms with Gasteiger partial charge in [-0.25, -0.2) is 0 Å². The summed E-state index contributed by atoms with van der Waals surface area (Å²) in [5, 5.41) is 0. The van der Waals surface area contributed by atoms with Crippen LogP contribution in [0.2, 0.25) is 0 Å². The maximum Gasteiger partial charge on any atom is 0.0344 e. The van der Waals surface area contributed by atoms with Gasteiger partial charge in [0, 0.05) is 12.8 Å². The molecule has 0 aromatic carbocycles. The van der Waals surface area contributed by atoms with Crippen molar-refractivity contribution in [1.82, 2.24) is 0 Å². The second kappa shape index (κ2) is 6.21. The van der Waals surface area contributed by atoms with E-state index in [1.54, 1.807) is 0 Å². The van der Waals surface area contributed by atoms with E-state index in [2.05, 4.69) is 31.8 Å². The molecular formula is C25H39N. The molecule has 0 bridgehead atoms. The summed E-state index contributed by atoms with van der Waals surface area (Å²) in [7, 11) is 1.99. The molecule has 0 radical (unpaired) electrons. The van der Waals surface area contributed by atoms with Crippen LogP contribution in [-0.2, 0) is 0 Å². The molecule has 5 aliphatic rings. The topological polar surface area (TPSA) is 12.4 Å². The van der Waals surface area contributed by atoms with Gasteiger partial charge in [-0.1, -0.05) is 32.8 Å². The molecule has 8 atom stereocenters. The normalized spacial score (nSPS) is 52.2. The SMILES string of the molecule is CCC1(C)CCC2C3CC/C(=N\C)C=C3CC(C3CC3)C2C1C1CC1C. The Morgan fingerprint density at radius 3 is 2.50 bits per heavy atom. The van der Waals surface area contributed by atoms with Crippen LogP contribution in [0.25, 0.3) is 0 Å². The molecule has 26 heavy (non-hydrogen) atoms. The fraction of sp³-hybridized carbons (Fsp3) is 0.880. The van der Waals surface area contributed by atoms with Crippen molar-refractivity contribution in [2.75, 3.05) is 7.05 Å². The van der Waals surface area contributed by atoms with Crippen molar-refractivity contribution in [3.63, 3.8) is 0 Å². The van der Waals surface area contributed by atoms with E-state index in [1.807, 2.05) is 12.6 Å². The largest absolute Gasteiger partial charge is 0.293 e. The minimum absolute atomic E-state index is 0.621. The van der Waals surface area contributed by atoms with Crippen LogP contribution < -0.4 is 0 Å². The molecule has 1 heteroatoms. The quantitative estimate of drug-likeness (QED) is 0.546. The molecular weight excluding hydrogens is 314 g/mol. The number of nitrogens with zero attached hydrogens (tertiary/aromatic N) is 1. The van der Waals surface area contributed by atoms with Crippen molar-refractivity contribution in [1.29, 1.82) is 0 Å². The van der Waals surface area contributed by atoms with Crippen LogP contribution in [-0.4, -0.2) is 12.8 Å². The predicted octanol–water partition coefficient (Wildman–Crippen LogP) is 6.54. The lowest BCUT2D eigenvalue weighted by atomic mass is 9.46. The average Bonchev–Trinajstić information content (AvgIpc) is 3.57. The van der Waals surface area contributed by atoms with Gasteiger partial charge in [0.1, 0.15) is 0 Å². The highest BCUT2D eigenvalue weighted by molar-refractivity contribution is 5.96. The summed E-state index contributed by atoms with van der Waals surface area (Å²) >= 11 is 0. The first kappa shape index (κ1) is 17.5. The molecule has 0 heterocycles. The lowest BCUT2D eigenvalue weighted by Crippen LogP contribution is -2.51. The summed E-state index contributed by atoms with van der Waals surface area (Å²) in [5.41, 5.74) is 3.82. The van der Waals surface area contributed by atoms with Gasteiger partial charge in [-0.15, -0.1) is 0 Å². The molecule has 0 saturated heterocycles. The number of fused-ring (bicyclic) bond motifs is 3. The predicted molar refractivity (Wildman–Crippen MR) is 110 cm³/mol. The van der Waals surface area contributed by atoms with E-state index in [-0.39, 0.29) is 0 Å². The zero-order valence-electron chi connectivity index (χ0n) is 17.5. The highest BCUT2D eigenvalue weighted by Gasteiger charge is 2.60. The summed E-state index contributed by atoms with van der Waals surface area (Å²) in [4.78, 5) is 4.57. The Hall–Kier alpha value is -0.590. The van der Waals surface area contributed by atoms with Crippen molar-refractivity contribution in [2.45, 2.75) is 78.6 Å². The van der Waals surface area contributed by atoms with Gasteiger partial charge in [-0.05, 0) is 110 Å². The maximum atomic E-state index is 4.57. The molecule has 8 unspecified atom stereocenters. The number of aliphatic imine (C=N–C) groups is 1. The molecule has 1 nitrogen and oxygen atoms in total. The monoisotopic (exact) mass is 353 g/mol. The number of hydrogen-bond donors (Lipinski definition) is 0. The minimum atomic E-state index is 0.621. The van der Waals surface area contributed by atoms with E-state index in [0.717, 1.165) is 47.3 Å². The first-order chi connectivity index (χ1) is 12.6. The molecule has 0 spiro atoms. The fourth-order valence-electron chi connectivity index (χ4n) is 7.88. The smallest absolute Gasteiger partial charge is 0.0344 e. The fourth-order valence-corrected chi connectivity index (χ4v) is 7.88. The Balaban J connectivity index is 1.54. The summed E-state index contributed by atoms with van der Waals surface area (Å²) in [6.45, 7) is 7.71. The molecule has 0 aromatic heterocycles. The molecule has 5 rings (SSSR count). The molecule has 0 aliphatic heterocycles. The van der Waals surface area contributed by atoms with E-state index in [4.69, 9.17) is 0 Å². The van der Waals surface area contributed by atoms with Crippen molar-refractivity contribution in [3.8, 4) is 0 Å². The number of rotatable bonds is 3. The molecule has 0 amide bonds. The Kier molecular flexibility index (Phi) is 4.18. The van der Waals surface area contributed by atoms with Gasteiger partial charge in [0.2, 0.25) is 0 Å². The van der Waals surface area contributed by atoms with Crippen LogP contribution in [0, 0.1) is 52.8 Å². The van der Waals surface area contributed by atoms with E-state index in [9.17, 15) is 0 Å². The molecule has 4 saturated carbocycles. The van der Waals surface area contributed by atoms with E-state index < -0.39 is 0 Å². The molecule has 144 valence electrons. The Morgan fingerprint density at radius 2 is 1.88 bits per heavy atom. The third kappa shape index (κ3) is 2.67. The van der Waals surface area contributed by atoms with Crippen molar-refractivity contribution >= 4 is 5.71 Å². The lowest BCUT2D eigenvalue weighted by Gasteiger charge is -2.58. The summed E-state index contributed by atoms with van der Waals surface area (Å²) in [6, 6.07) is 0. The van der Waals surface area contributed by atoms with Crippen molar-refractivity contribution < 1.29 is 0 Å². The Bertz CT molecular complexity index is 626. The van der Waals surface area contributed by atoms with Crippen molar-refractivity contribution in [2.24, 2.45) is 57.8 Å². The van der Waals surface area contributed by atoms with Crippen LogP contribution in [0.4, 0.5) is 0 Å². The highest BCUT2D eigenvalue weighted by Crippen LogP contribution is 2.67.